The normalized spacial score (nSPS) is 19.2. The highest BCUT2D eigenvalue weighted by atomic mass is 16.2. The Bertz CT molecular complexity index is 198. The van der Waals surface area contributed by atoms with E-state index in [1.165, 1.54) is 25.7 Å². The third-order valence-electron chi connectivity index (χ3n) is 3.18. The number of rotatable bonds is 5. The van der Waals surface area contributed by atoms with Crippen molar-refractivity contribution in [1.29, 1.82) is 0 Å². The van der Waals surface area contributed by atoms with Gasteiger partial charge in [0.15, 0.2) is 0 Å². The summed E-state index contributed by atoms with van der Waals surface area (Å²) < 4.78 is 0. The van der Waals surface area contributed by atoms with Crippen molar-refractivity contribution in [3.8, 4) is 0 Å². The first-order valence-corrected chi connectivity index (χ1v) is 6.75. The number of carbonyl (C=O) groups is 1. The van der Waals surface area contributed by atoms with E-state index in [2.05, 4.69) is 24.1 Å². The van der Waals surface area contributed by atoms with Gasteiger partial charge >= 0.3 is 0 Å². The summed E-state index contributed by atoms with van der Waals surface area (Å²) in [6.45, 7) is 7.20. The van der Waals surface area contributed by atoms with Gasteiger partial charge in [-0.05, 0) is 32.7 Å². The van der Waals surface area contributed by atoms with Crippen LogP contribution in [0.25, 0.3) is 0 Å². The predicted molar refractivity (Wildman–Crippen MR) is 67.4 cm³/mol. The van der Waals surface area contributed by atoms with E-state index in [0.29, 0.717) is 18.4 Å². The Balaban J connectivity index is 2.26. The summed E-state index contributed by atoms with van der Waals surface area (Å²) in [6.07, 6.45) is 6.72. The van der Waals surface area contributed by atoms with Gasteiger partial charge in [0.1, 0.15) is 0 Å². The first-order valence-electron chi connectivity index (χ1n) is 6.75. The summed E-state index contributed by atoms with van der Waals surface area (Å²) in [4.78, 5) is 14.1. The quantitative estimate of drug-likeness (QED) is 0.779. The summed E-state index contributed by atoms with van der Waals surface area (Å²) >= 11 is 0. The average Bonchev–Trinajstić information content (AvgIpc) is 2.54. The van der Waals surface area contributed by atoms with E-state index in [4.69, 9.17) is 0 Å². The van der Waals surface area contributed by atoms with Gasteiger partial charge in [0.2, 0.25) is 5.91 Å². The van der Waals surface area contributed by atoms with Crippen LogP contribution in [0.4, 0.5) is 0 Å². The van der Waals surface area contributed by atoms with Gasteiger partial charge in [-0.25, -0.2) is 0 Å². The molecule has 3 nitrogen and oxygen atoms in total. The number of carbonyl (C=O) groups excluding carboxylic acids is 1. The zero-order valence-electron chi connectivity index (χ0n) is 10.8. The molecule has 3 heteroatoms. The van der Waals surface area contributed by atoms with Gasteiger partial charge in [0.25, 0.3) is 0 Å². The van der Waals surface area contributed by atoms with Crippen molar-refractivity contribution in [3.63, 3.8) is 0 Å². The molecule has 0 aliphatic carbocycles. The number of nitrogens with one attached hydrogen (secondary N) is 1. The van der Waals surface area contributed by atoms with Crippen LogP contribution in [0.3, 0.4) is 0 Å². The second-order valence-corrected chi connectivity index (χ2v) is 4.85. The molecule has 0 bridgehead atoms. The minimum atomic E-state index is 0.315. The molecule has 16 heavy (non-hydrogen) atoms. The second-order valence-electron chi connectivity index (χ2n) is 4.85. The smallest absolute Gasteiger partial charge is 0.224 e. The Morgan fingerprint density at radius 3 is 2.44 bits per heavy atom. The van der Waals surface area contributed by atoms with Crippen LogP contribution in [0.5, 0.6) is 0 Å². The molecular weight excluding hydrogens is 200 g/mol. The maximum Gasteiger partial charge on any atom is 0.224 e. The van der Waals surface area contributed by atoms with Crippen LogP contribution in [-0.4, -0.2) is 36.5 Å². The van der Waals surface area contributed by atoms with Gasteiger partial charge < -0.3 is 10.2 Å². The van der Waals surface area contributed by atoms with Crippen molar-refractivity contribution in [2.45, 2.75) is 58.4 Å². The largest absolute Gasteiger partial charge is 0.343 e. The molecule has 0 saturated carbocycles. The minimum Gasteiger partial charge on any atom is -0.343 e. The second kappa shape index (κ2) is 7.66. The SMILES string of the molecule is CCCNC(C)CC(=O)N1CCCCCC1. The molecule has 1 amide bonds. The van der Waals surface area contributed by atoms with Gasteiger partial charge in [-0.15, -0.1) is 0 Å². The Morgan fingerprint density at radius 2 is 1.88 bits per heavy atom. The first kappa shape index (κ1) is 13.5. The molecule has 1 aliphatic rings. The van der Waals surface area contributed by atoms with E-state index in [9.17, 15) is 4.79 Å². The van der Waals surface area contributed by atoms with Crippen molar-refractivity contribution in [3.05, 3.63) is 0 Å². The molecule has 1 unspecified atom stereocenters. The fourth-order valence-electron chi connectivity index (χ4n) is 2.17. The molecule has 1 fully saturated rings. The molecule has 1 atom stereocenters. The van der Waals surface area contributed by atoms with Gasteiger partial charge in [-0.3, -0.25) is 4.79 Å². The molecule has 1 N–H and O–H groups in total. The van der Waals surface area contributed by atoms with Crippen LogP contribution in [0.1, 0.15) is 52.4 Å². The van der Waals surface area contributed by atoms with E-state index >= 15 is 0 Å². The number of nitrogens with zero attached hydrogens (tertiary/aromatic N) is 1. The van der Waals surface area contributed by atoms with E-state index < -0.39 is 0 Å². The van der Waals surface area contributed by atoms with Crippen LogP contribution < -0.4 is 5.32 Å². The van der Waals surface area contributed by atoms with Crippen molar-refractivity contribution < 1.29 is 4.79 Å². The maximum atomic E-state index is 12.0. The zero-order chi connectivity index (χ0) is 11.8. The Labute approximate surface area is 99.6 Å². The summed E-state index contributed by atoms with van der Waals surface area (Å²) in [5, 5.41) is 3.37. The monoisotopic (exact) mass is 226 g/mol. The topological polar surface area (TPSA) is 32.3 Å². The van der Waals surface area contributed by atoms with Gasteiger partial charge in [0.05, 0.1) is 0 Å². The number of amides is 1. The highest BCUT2D eigenvalue weighted by Gasteiger charge is 2.17. The number of hydrogen-bond acceptors (Lipinski definition) is 2. The van der Waals surface area contributed by atoms with Crippen molar-refractivity contribution >= 4 is 5.91 Å². The highest BCUT2D eigenvalue weighted by molar-refractivity contribution is 5.76. The Morgan fingerprint density at radius 1 is 1.25 bits per heavy atom. The summed E-state index contributed by atoms with van der Waals surface area (Å²) in [5.74, 6) is 0.331. The van der Waals surface area contributed by atoms with Crippen LogP contribution in [0, 0.1) is 0 Å². The lowest BCUT2D eigenvalue weighted by molar-refractivity contribution is -0.131. The third-order valence-corrected chi connectivity index (χ3v) is 3.18. The molecule has 1 aliphatic heterocycles. The summed E-state index contributed by atoms with van der Waals surface area (Å²) in [6, 6.07) is 0.315. The van der Waals surface area contributed by atoms with Gasteiger partial charge in [-0.2, -0.15) is 0 Å². The van der Waals surface area contributed by atoms with Crippen molar-refractivity contribution in [1.82, 2.24) is 10.2 Å². The third kappa shape index (κ3) is 4.97. The Hall–Kier alpha value is -0.570. The van der Waals surface area contributed by atoms with Crippen molar-refractivity contribution in [2.75, 3.05) is 19.6 Å². The van der Waals surface area contributed by atoms with E-state index in [-0.39, 0.29) is 0 Å². The lowest BCUT2D eigenvalue weighted by atomic mass is 10.2. The molecule has 1 heterocycles. The Kier molecular flexibility index (Phi) is 6.46. The van der Waals surface area contributed by atoms with Crippen LogP contribution in [0.2, 0.25) is 0 Å². The fraction of sp³-hybridized carbons (Fsp3) is 0.923. The van der Waals surface area contributed by atoms with Crippen LogP contribution >= 0.6 is 0 Å². The maximum absolute atomic E-state index is 12.0. The van der Waals surface area contributed by atoms with Crippen LogP contribution in [-0.2, 0) is 4.79 Å². The standard InChI is InChI=1S/C13H26N2O/c1-3-8-14-12(2)11-13(16)15-9-6-4-5-7-10-15/h12,14H,3-11H2,1-2H3. The van der Waals surface area contributed by atoms with Gasteiger partial charge in [-0.1, -0.05) is 19.8 Å². The minimum absolute atomic E-state index is 0.315. The lowest BCUT2D eigenvalue weighted by Gasteiger charge is -2.22. The molecule has 1 saturated heterocycles. The molecule has 94 valence electrons. The summed E-state index contributed by atoms with van der Waals surface area (Å²) in [5.41, 5.74) is 0. The van der Waals surface area contributed by atoms with E-state index in [0.717, 1.165) is 26.1 Å². The molecule has 0 aromatic heterocycles. The molecule has 1 rings (SSSR count). The molecule has 0 spiro atoms. The van der Waals surface area contributed by atoms with Crippen molar-refractivity contribution in [2.24, 2.45) is 0 Å². The fourth-order valence-corrected chi connectivity index (χ4v) is 2.17. The predicted octanol–water partition coefficient (Wildman–Crippen LogP) is 2.17. The molecular formula is C13H26N2O. The highest BCUT2D eigenvalue weighted by Crippen LogP contribution is 2.11. The average molecular weight is 226 g/mol. The number of likely N-dealkylation sites (tertiary alicyclic amines) is 1. The number of hydrogen-bond donors (Lipinski definition) is 1. The van der Waals surface area contributed by atoms with Gasteiger partial charge in [0, 0.05) is 25.6 Å². The first-order chi connectivity index (χ1) is 7.74. The van der Waals surface area contributed by atoms with Crippen LogP contribution in [0.15, 0.2) is 0 Å². The molecule has 0 aromatic carbocycles. The molecule has 0 aromatic rings. The lowest BCUT2D eigenvalue weighted by Crippen LogP contribution is -2.37. The van der Waals surface area contributed by atoms with E-state index in [1.807, 2.05) is 0 Å². The van der Waals surface area contributed by atoms with E-state index in [1.54, 1.807) is 0 Å². The molecule has 0 radical (unpaired) electrons. The zero-order valence-corrected chi connectivity index (χ0v) is 10.8. The summed E-state index contributed by atoms with van der Waals surface area (Å²) in [7, 11) is 0.